The van der Waals surface area contributed by atoms with Gasteiger partial charge in [0.2, 0.25) is 0 Å². The maximum atomic E-state index is 5.72. The Morgan fingerprint density at radius 1 is 1.38 bits per heavy atom. The van der Waals surface area contributed by atoms with Gasteiger partial charge in [0.1, 0.15) is 0 Å². The van der Waals surface area contributed by atoms with Crippen molar-refractivity contribution in [1.29, 1.82) is 0 Å². The number of aryl methyl sites for hydroxylation is 2. The van der Waals surface area contributed by atoms with E-state index in [1.165, 1.54) is 5.56 Å². The zero-order chi connectivity index (χ0) is 16.5. The molecule has 6 nitrogen and oxygen atoms in total. The Labute approximate surface area is 163 Å². The number of ether oxygens (including phenoxy) is 1. The second kappa shape index (κ2) is 11.7. The Kier molecular flexibility index (Phi) is 10.3. The minimum Gasteiger partial charge on any atom is -0.378 e. The van der Waals surface area contributed by atoms with Crippen LogP contribution in [0.15, 0.2) is 17.4 Å². The predicted octanol–water partition coefficient (Wildman–Crippen LogP) is 2.67. The molecule has 2 rings (SSSR count). The van der Waals surface area contributed by atoms with Crippen LogP contribution in [-0.4, -0.2) is 59.5 Å². The molecule has 0 atom stereocenters. The lowest BCUT2D eigenvalue weighted by Gasteiger charge is -2.34. The molecule has 1 aromatic heterocycles. The van der Waals surface area contributed by atoms with E-state index in [0.717, 1.165) is 64.6 Å². The number of piperidine rings is 1. The second-order valence-electron chi connectivity index (χ2n) is 6.01. The first kappa shape index (κ1) is 21.2. The molecule has 0 spiro atoms. The summed E-state index contributed by atoms with van der Waals surface area (Å²) in [6.45, 7) is 11.8. The Hall–Kier alpha value is -0.830. The van der Waals surface area contributed by atoms with Gasteiger partial charge >= 0.3 is 0 Å². The Morgan fingerprint density at radius 3 is 2.71 bits per heavy atom. The highest BCUT2D eigenvalue weighted by molar-refractivity contribution is 14.0. The van der Waals surface area contributed by atoms with Crippen molar-refractivity contribution in [2.24, 2.45) is 4.99 Å². The fourth-order valence-corrected chi connectivity index (χ4v) is 2.90. The van der Waals surface area contributed by atoms with E-state index in [1.54, 1.807) is 0 Å². The van der Waals surface area contributed by atoms with E-state index in [0.29, 0.717) is 6.10 Å². The summed E-state index contributed by atoms with van der Waals surface area (Å²) in [7, 11) is 0. The van der Waals surface area contributed by atoms with Crippen LogP contribution in [0.3, 0.4) is 0 Å². The number of aliphatic imine (C=N–C) groups is 1. The third kappa shape index (κ3) is 6.96. The maximum Gasteiger partial charge on any atom is 0.193 e. The summed E-state index contributed by atoms with van der Waals surface area (Å²) >= 11 is 0. The topological polar surface area (TPSA) is 54.7 Å². The van der Waals surface area contributed by atoms with E-state index < -0.39 is 0 Å². The van der Waals surface area contributed by atoms with Crippen LogP contribution in [0, 0.1) is 6.92 Å². The maximum absolute atomic E-state index is 5.72. The molecule has 138 valence electrons. The normalized spacial score (nSPS) is 16.1. The first-order chi connectivity index (χ1) is 11.2. The highest BCUT2D eigenvalue weighted by Gasteiger charge is 2.21. The summed E-state index contributed by atoms with van der Waals surface area (Å²) in [4.78, 5) is 7.14. The van der Waals surface area contributed by atoms with Crippen LogP contribution < -0.4 is 5.32 Å². The van der Waals surface area contributed by atoms with Crippen molar-refractivity contribution in [3.05, 3.63) is 18.0 Å². The van der Waals surface area contributed by atoms with Gasteiger partial charge in [0.15, 0.2) is 5.96 Å². The quantitative estimate of drug-likeness (QED) is 0.301. The average molecular weight is 449 g/mol. The van der Waals surface area contributed by atoms with Gasteiger partial charge in [0.05, 0.1) is 12.3 Å². The molecule has 24 heavy (non-hydrogen) atoms. The number of rotatable bonds is 7. The summed E-state index contributed by atoms with van der Waals surface area (Å²) in [5.74, 6) is 1.04. The van der Waals surface area contributed by atoms with Gasteiger partial charge in [-0.1, -0.05) is 0 Å². The minimum absolute atomic E-state index is 0. The molecule has 0 bridgehead atoms. The zero-order valence-corrected chi connectivity index (χ0v) is 17.5. The number of nitrogens with zero attached hydrogens (tertiary/aromatic N) is 4. The van der Waals surface area contributed by atoms with Gasteiger partial charge in [-0.2, -0.15) is 5.10 Å². The molecule has 2 heterocycles. The van der Waals surface area contributed by atoms with Crippen molar-refractivity contribution in [2.45, 2.75) is 52.7 Å². The van der Waals surface area contributed by atoms with Crippen LogP contribution in [0.4, 0.5) is 0 Å². The molecule has 0 unspecified atom stereocenters. The van der Waals surface area contributed by atoms with E-state index in [4.69, 9.17) is 9.73 Å². The first-order valence-electron chi connectivity index (χ1n) is 8.86. The van der Waals surface area contributed by atoms with E-state index in [9.17, 15) is 0 Å². The summed E-state index contributed by atoms with van der Waals surface area (Å²) in [6.07, 6.45) is 7.58. The SMILES string of the molecule is CCNC(=NCCCn1cc(C)cn1)N1CCC(OCC)CC1.I. The van der Waals surface area contributed by atoms with E-state index in [2.05, 4.69) is 42.3 Å². The molecule has 1 aliphatic heterocycles. The van der Waals surface area contributed by atoms with Crippen LogP contribution >= 0.6 is 24.0 Å². The Morgan fingerprint density at radius 2 is 2.12 bits per heavy atom. The van der Waals surface area contributed by atoms with Gasteiger partial charge in [-0.15, -0.1) is 24.0 Å². The summed E-state index contributed by atoms with van der Waals surface area (Å²) in [6, 6.07) is 0. The molecular formula is C17H32IN5O. The molecule has 1 fully saturated rings. The molecule has 0 amide bonds. The molecular weight excluding hydrogens is 417 g/mol. The smallest absolute Gasteiger partial charge is 0.193 e. The van der Waals surface area contributed by atoms with Crippen LogP contribution in [-0.2, 0) is 11.3 Å². The van der Waals surface area contributed by atoms with E-state index in [-0.39, 0.29) is 24.0 Å². The number of aromatic nitrogens is 2. The van der Waals surface area contributed by atoms with Crippen LogP contribution in [0.25, 0.3) is 0 Å². The van der Waals surface area contributed by atoms with Gasteiger partial charge < -0.3 is 15.0 Å². The van der Waals surface area contributed by atoms with Gasteiger partial charge in [-0.25, -0.2) is 0 Å². The van der Waals surface area contributed by atoms with Gasteiger partial charge in [0.25, 0.3) is 0 Å². The Balaban J connectivity index is 0.00000288. The highest BCUT2D eigenvalue weighted by Crippen LogP contribution is 2.13. The molecule has 1 aromatic rings. The largest absolute Gasteiger partial charge is 0.378 e. The average Bonchev–Trinajstić information content (AvgIpc) is 2.97. The Bertz CT molecular complexity index is 483. The fourth-order valence-electron chi connectivity index (χ4n) is 2.90. The third-order valence-corrected chi connectivity index (χ3v) is 4.05. The molecule has 1 saturated heterocycles. The summed E-state index contributed by atoms with van der Waals surface area (Å²) in [5, 5.41) is 7.73. The highest BCUT2D eigenvalue weighted by atomic mass is 127. The predicted molar refractivity (Wildman–Crippen MR) is 109 cm³/mol. The lowest BCUT2D eigenvalue weighted by atomic mass is 10.1. The van der Waals surface area contributed by atoms with Gasteiger partial charge in [-0.05, 0) is 45.6 Å². The monoisotopic (exact) mass is 449 g/mol. The van der Waals surface area contributed by atoms with Crippen molar-refractivity contribution in [1.82, 2.24) is 20.0 Å². The molecule has 0 aromatic carbocycles. The summed E-state index contributed by atoms with van der Waals surface area (Å²) < 4.78 is 7.72. The molecule has 1 aliphatic rings. The van der Waals surface area contributed by atoms with Gasteiger partial charge in [0, 0.05) is 45.5 Å². The molecule has 7 heteroatoms. The number of guanidine groups is 1. The van der Waals surface area contributed by atoms with Crippen LogP contribution in [0.2, 0.25) is 0 Å². The molecule has 1 N–H and O–H groups in total. The van der Waals surface area contributed by atoms with Crippen molar-refractivity contribution >= 4 is 29.9 Å². The standard InChI is InChI=1S/C17H31N5O.HI/c1-4-18-17(21-11-7-16(8-12-21)23-5-2)19-9-6-10-22-14-15(3)13-20-22;/h13-14,16H,4-12H2,1-3H3,(H,18,19);1H. The third-order valence-electron chi connectivity index (χ3n) is 4.05. The van der Waals surface area contributed by atoms with Gasteiger partial charge in [-0.3, -0.25) is 9.67 Å². The molecule has 0 aliphatic carbocycles. The van der Waals surface area contributed by atoms with Crippen molar-refractivity contribution in [3.8, 4) is 0 Å². The summed E-state index contributed by atoms with van der Waals surface area (Å²) in [5.41, 5.74) is 1.21. The van der Waals surface area contributed by atoms with Crippen molar-refractivity contribution in [3.63, 3.8) is 0 Å². The zero-order valence-electron chi connectivity index (χ0n) is 15.2. The number of likely N-dealkylation sites (tertiary alicyclic amines) is 1. The second-order valence-corrected chi connectivity index (χ2v) is 6.01. The molecule has 0 radical (unpaired) electrons. The number of halogens is 1. The van der Waals surface area contributed by atoms with E-state index in [1.807, 2.05) is 10.9 Å². The van der Waals surface area contributed by atoms with Crippen molar-refractivity contribution in [2.75, 3.05) is 32.8 Å². The number of hydrogen-bond acceptors (Lipinski definition) is 3. The van der Waals surface area contributed by atoms with Crippen molar-refractivity contribution < 1.29 is 4.74 Å². The lowest BCUT2D eigenvalue weighted by molar-refractivity contribution is 0.0264. The number of nitrogens with one attached hydrogen (secondary N) is 1. The minimum atomic E-state index is 0. The lowest BCUT2D eigenvalue weighted by Crippen LogP contribution is -2.47. The first-order valence-corrected chi connectivity index (χ1v) is 8.86. The van der Waals surface area contributed by atoms with Crippen LogP contribution in [0.5, 0.6) is 0 Å². The number of hydrogen-bond donors (Lipinski definition) is 1. The molecule has 0 saturated carbocycles. The fraction of sp³-hybridized carbons (Fsp3) is 0.765. The van der Waals surface area contributed by atoms with Crippen LogP contribution in [0.1, 0.15) is 38.7 Å². The van der Waals surface area contributed by atoms with E-state index >= 15 is 0 Å².